The minimum Gasteiger partial charge on any atom is -0.351 e. The third-order valence-electron chi connectivity index (χ3n) is 3.90. The van der Waals surface area contributed by atoms with Gasteiger partial charge in [-0.1, -0.05) is 13.3 Å². The molecule has 0 aromatic carbocycles. The van der Waals surface area contributed by atoms with Crippen molar-refractivity contribution < 1.29 is 0 Å². The van der Waals surface area contributed by atoms with Crippen LogP contribution in [0.2, 0.25) is 0 Å². The fourth-order valence-corrected chi connectivity index (χ4v) is 2.95. The predicted molar refractivity (Wildman–Crippen MR) is 65.4 cm³/mol. The van der Waals surface area contributed by atoms with E-state index in [2.05, 4.69) is 25.5 Å². The van der Waals surface area contributed by atoms with E-state index in [-0.39, 0.29) is 0 Å². The second kappa shape index (κ2) is 4.42. The topological polar surface area (TPSA) is 4.93 Å². The predicted octanol–water partition coefficient (Wildman–Crippen LogP) is 3.55. The highest BCUT2D eigenvalue weighted by Gasteiger charge is 2.19. The number of hydrogen-bond donors (Lipinski definition) is 0. The van der Waals surface area contributed by atoms with Crippen molar-refractivity contribution in [1.29, 1.82) is 0 Å². The molecule has 1 aromatic rings. The van der Waals surface area contributed by atoms with Gasteiger partial charge in [0, 0.05) is 18.4 Å². The van der Waals surface area contributed by atoms with E-state index in [4.69, 9.17) is 0 Å². The molecular formula is C14H23N. The summed E-state index contributed by atoms with van der Waals surface area (Å²) in [5, 5.41) is 0. The number of rotatable bonds is 3. The van der Waals surface area contributed by atoms with Crippen LogP contribution in [-0.4, -0.2) is 4.57 Å². The summed E-state index contributed by atoms with van der Waals surface area (Å²) in [4.78, 5) is 0. The molecule has 1 nitrogen and oxygen atoms in total. The van der Waals surface area contributed by atoms with Gasteiger partial charge in [-0.25, -0.2) is 0 Å². The fraction of sp³-hybridized carbons (Fsp3) is 0.714. The van der Waals surface area contributed by atoms with Crippen molar-refractivity contribution in [3.05, 3.63) is 22.5 Å². The Morgan fingerprint density at radius 1 is 1.20 bits per heavy atom. The molecule has 0 saturated heterocycles. The zero-order chi connectivity index (χ0) is 10.8. The van der Waals surface area contributed by atoms with Crippen molar-refractivity contribution in [3.63, 3.8) is 0 Å². The first-order chi connectivity index (χ1) is 7.25. The van der Waals surface area contributed by atoms with E-state index in [0.29, 0.717) is 0 Å². The minimum atomic E-state index is 1.27. The van der Waals surface area contributed by atoms with Gasteiger partial charge >= 0.3 is 0 Å². The van der Waals surface area contributed by atoms with Crippen molar-refractivity contribution >= 4 is 0 Å². The highest BCUT2D eigenvalue weighted by Crippen LogP contribution is 2.29. The number of hydrogen-bond acceptors (Lipinski definition) is 0. The third-order valence-corrected chi connectivity index (χ3v) is 3.90. The molecule has 0 amide bonds. The van der Waals surface area contributed by atoms with Gasteiger partial charge in [0.1, 0.15) is 0 Å². The van der Waals surface area contributed by atoms with Crippen LogP contribution in [0, 0.1) is 6.92 Å². The standard InChI is InChI=1S/C14H23N/c1-4-5-9-13-11(2)12-8-6-7-10-14(12)15(13)3/h4-10H2,1-3H3. The molecule has 0 N–H and O–H groups in total. The summed E-state index contributed by atoms with van der Waals surface area (Å²) in [7, 11) is 2.27. The molecule has 0 radical (unpaired) electrons. The van der Waals surface area contributed by atoms with Crippen LogP contribution in [0.1, 0.15) is 55.1 Å². The van der Waals surface area contributed by atoms with Crippen LogP contribution in [0.15, 0.2) is 0 Å². The van der Waals surface area contributed by atoms with Crippen molar-refractivity contribution in [2.24, 2.45) is 7.05 Å². The maximum absolute atomic E-state index is 2.49. The van der Waals surface area contributed by atoms with Crippen molar-refractivity contribution in [1.82, 2.24) is 4.57 Å². The number of aromatic nitrogens is 1. The molecule has 2 rings (SSSR count). The summed E-state index contributed by atoms with van der Waals surface area (Å²) in [6, 6.07) is 0. The molecule has 1 aliphatic rings. The maximum Gasteiger partial charge on any atom is 0.0209 e. The van der Waals surface area contributed by atoms with Gasteiger partial charge in [-0.15, -0.1) is 0 Å². The molecule has 1 aromatic heterocycles. The van der Waals surface area contributed by atoms with Crippen LogP contribution in [0.4, 0.5) is 0 Å². The summed E-state index contributed by atoms with van der Waals surface area (Å²) >= 11 is 0. The summed E-state index contributed by atoms with van der Waals surface area (Å²) < 4.78 is 2.49. The molecule has 0 bridgehead atoms. The van der Waals surface area contributed by atoms with Gasteiger partial charge in [-0.3, -0.25) is 0 Å². The average Bonchev–Trinajstić information content (AvgIpc) is 2.51. The molecule has 1 aliphatic carbocycles. The molecule has 0 fully saturated rings. The summed E-state index contributed by atoms with van der Waals surface area (Å²) in [5.74, 6) is 0. The molecule has 0 spiro atoms. The Kier molecular flexibility index (Phi) is 3.18. The van der Waals surface area contributed by atoms with Crippen molar-refractivity contribution in [3.8, 4) is 0 Å². The van der Waals surface area contributed by atoms with E-state index in [0.717, 1.165) is 0 Å². The summed E-state index contributed by atoms with van der Waals surface area (Å²) in [6.07, 6.45) is 9.31. The minimum absolute atomic E-state index is 1.27. The molecule has 1 heterocycles. The number of nitrogens with zero attached hydrogens (tertiary/aromatic N) is 1. The normalized spacial score (nSPS) is 15.4. The number of unbranched alkanes of at least 4 members (excludes halogenated alkanes) is 1. The second-order valence-electron chi connectivity index (χ2n) is 4.87. The smallest absolute Gasteiger partial charge is 0.0209 e. The van der Waals surface area contributed by atoms with Gasteiger partial charge in [0.15, 0.2) is 0 Å². The van der Waals surface area contributed by atoms with Crippen LogP contribution in [0.3, 0.4) is 0 Å². The Morgan fingerprint density at radius 2 is 1.93 bits per heavy atom. The second-order valence-corrected chi connectivity index (χ2v) is 4.87. The van der Waals surface area contributed by atoms with E-state index in [1.807, 2.05) is 0 Å². The Bertz CT molecular complexity index is 317. The van der Waals surface area contributed by atoms with Gasteiger partial charge in [0.25, 0.3) is 0 Å². The van der Waals surface area contributed by atoms with E-state index in [9.17, 15) is 0 Å². The summed E-state index contributed by atoms with van der Waals surface area (Å²) in [5.41, 5.74) is 6.50. The lowest BCUT2D eigenvalue weighted by Gasteiger charge is -2.13. The molecule has 0 aliphatic heterocycles. The maximum atomic E-state index is 2.49. The van der Waals surface area contributed by atoms with Crippen LogP contribution in [0.5, 0.6) is 0 Å². The largest absolute Gasteiger partial charge is 0.351 e. The lowest BCUT2D eigenvalue weighted by Crippen LogP contribution is -2.06. The van der Waals surface area contributed by atoms with Gasteiger partial charge in [-0.2, -0.15) is 0 Å². The van der Waals surface area contributed by atoms with E-state index >= 15 is 0 Å². The Labute approximate surface area is 93.5 Å². The molecular weight excluding hydrogens is 182 g/mol. The lowest BCUT2D eigenvalue weighted by molar-refractivity contribution is 0.636. The molecule has 0 unspecified atom stereocenters. The zero-order valence-corrected chi connectivity index (χ0v) is 10.4. The highest BCUT2D eigenvalue weighted by atomic mass is 15.0. The van der Waals surface area contributed by atoms with E-state index < -0.39 is 0 Å². The third kappa shape index (κ3) is 1.84. The molecule has 0 saturated carbocycles. The quantitative estimate of drug-likeness (QED) is 0.711. The SMILES string of the molecule is CCCCc1c(C)c2c(n1C)CCCC2. The Morgan fingerprint density at radius 3 is 2.60 bits per heavy atom. The lowest BCUT2D eigenvalue weighted by atomic mass is 9.94. The Hall–Kier alpha value is -0.720. The summed E-state index contributed by atoms with van der Waals surface area (Å²) in [6.45, 7) is 4.60. The highest BCUT2D eigenvalue weighted by molar-refractivity contribution is 5.39. The van der Waals surface area contributed by atoms with E-state index in [1.165, 1.54) is 44.9 Å². The molecule has 0 atom stereocenters. The van der Waals surface area contributed by atoms with Crippen LogP contribution in [0.25, 0.3) is 0 Å². The van der Waals surface area contributed by atoms with Gasteiger partial charge in [-0.05, 0) is 56.6 Å². The van der Waals surface area contributed by atoms with Crippen LogP contribution < -0.4 is 0 Å². The van der Waals surface area contributed by atoms with Gasteiger partial charge in [0.2, 0.25) is 0 Å². The van der Waals surface area contributed by atoms with Crippen LogP contribution in [-0.2, 0) is 26.3 Å². The monoisotopic (exact) mass is 205 g/mol. The van der Waals surface area contributed by atoms with Gasteiger partial charge in [0.05, 0.1) is 0 Å². The zero-order valence-electron chi connectivity index (χ0n) is 10.4. The molecule has 84 valence electrons. The van der Waals surface area contributed by atoms with E-state index in [1.54, 1.807) is 22.5 Å². The average molecular weight is 205 g/mol. The molecule has 1 heteroatoms. The first kappa shape index (κ1) is 10.8. The number of fused-ring (bicyclic) bond motifs is 1. The first-order valence-electron chi connectivity index (χ1n) is 6.41. The first-order valence-corrected chi connectivity index (χ1v) is 6.41. The van der Waals surface area contributed by atoms with Gasteiger partial charge < -0.3 is 4.57 Å². The van der Waals surface area contributed by atoms with Crippen molar-refractivity contribution in [2.75, 3.05) is 0 Å². The fourth-order valence-electron chi connectivity index (χ4n) is 2.95. The van der Waals surface area contributed by atoms with Crippen molar-refractivity contribution in [2.45, 2.75) is 58.8 Å². The van der Waals surface area contributed by atoms with Crippen LogP contribution >= 0.6 is 0 Å². The molecule has 15 heavy (non-hydrogen) atoms. The Balaban J connectivity index is 2.33.